The van der Waals surface area contributed by atoms with E-state index in [4.69, 9.17) is 9.47 Å². The van der Waals surface area contributed by atoms with Crippen LogP contribution in [-0.4, -0.2) is 30.4 Å². The van der Waals surface area contributed by atoms with E-state index in [1.165, 1.54) is 13.2 Å². The first-order chi connectivity index (χ1) is 10.2. The number of methoxy groups -OCH3 is 1. The second-order valence-electron chi connectivity index (χ2n) is 5.79. The molecule has 1 rings (SSSR count). The van der Waals surface area contributed by atoms with Crippen LogP contribution in [0, 0.1) is 5.82 Å². The molecule has 1 unspecified atom stereocenters. The van der Waals surface area contributed by atoms with Crippen LogP contribution in [0.15, 0.2) is 12.1 Å². The number of hydrogen-bond donors (Lipinski definition) is 1. The molecule has 4 nitrogen and oxygen atoms in total. The van der Waals surface area contributed by atoms with Crippen LogP contribution in [0.3, 0.4) is 0 Å². The number of benzene rings is 1. The van der Waals surface area contributed by atoms with E-state index in [0.717, 1.165) is 0 Å². The maximum Gasteiger partial charge on any atom is 0.310 e. The van der Waals surface area contributed by atoms with E-state index < -0.39 is 17.4 Å². The van der Waals surface area contributed by atoms with Gasteiger partial charge in [-0.2, -0.15) is 0 Å². The zero-order valence-electron chi connectivity index (χ0n) is 13.9. The van der Waals surface area contributed by atoms with Crippen molar-refractivity contribution >= 4 is 5.97 Å². The summed E-state index contributed by atoms with van der Waals surface area (Å²) >= 11 is 0. The van der Waals surface area contributed by atoms with Gasteiger partial charge in [0.05, 0.1) is 25.7 Å². The van der Waals surface area contributed by atoms with Crippen LogP contribution >= 0.6 is 0 Å². The fourth-order valence-electron chi connectivity index (χ4n) is 2.75. The van der Waals surface area contributed by atoms with E-state index in [0.29, 0.717) is 17.5 Å². The molecule has 0 radical (unpaired) electrons. The maximum absolute atomic E-state index is 14.3. The lowest BCUT2D eigenvalue weighted by Crippen LogP contribution is -2.28. The quantitative estimate of drug-likeness (QED) is 0.786. The summed E-state index contributed by atoms with van der Waals surface area (Å²) in [4.78, 5) is 11.7. The van der Waals surface area contributed by atoms with Gasteiger partial charge in [0, 0.05) is 11.5 Å². The third kappa shape index (κ3) is 4.44. The molecule has 1 N–H and O–H groups in total. The van der Waals surface area contributed by atoms with Crippen molar-refractivity contribution in [2.45, 2.75) is 52.1 Å². The van der Waals surface area contributed by atoms with Gasteiger partial charge < -0.3 is 14.6 Å². The Hall–Kier alpha value is -1.62. The van der Waals surface area contributed by atoms with E-state index in [2.05, 4.69) is 0 Å². The molecule has 0 aliphatic rings. The molecule has 0 spiro atoms. The molecule has 0 heterocycles. The number of halogens is 1. The summed E-state index contributed by atoms with van der Waals surface area (Å²) in [5, 5.41) is 10.3. The van der Waals surface area contributed by atoms with E-state index >= 15 is 0 Å². The minimum absolute atomic E-state index is 0.0439. The first-order valence-corrected chi connectivity index (χ1v) is 7.48. The van der Waals surface area contributed by atoms with Crippen LogP contribution in [0.1, 0.15) is 51.2 Å². The largest absolute Gasteiger partial charge is 0.493 e. The Morgan fingerprint density at radius 1 is 1.36 bits per heavy atom. The highest BCUT2D eigenvalue weighted by molar-refractivity contribution is 5.73. The molecule has 1 aromatic rings. The standard InChI is InChI=1S/C17H25FO4/c1-6-13(17(3,4)20)11-8-12(10-15(19)22-7-2)16(21-5)14(18)9-11/h8-9,13,20H,6-7,10H2,1-5H3. The number of aliphatic hydroxyl groups is 1. The molecule has 0 bridgehead atoms. The summed E-state index contributed by atoms with van der Waals surface area (Å²) in [6.07, 6.45) is 0.582. The van der Waals surface area contributed by atoms with E-state index in [1.54, 1.807) is 26.8 Å². The SMILES string of the molecule is CCOC(=O)Cc1cc(C(CC)C(C)(C)O)cc(F)c1OC. The van der Waals surface area contributed by atoms with Crippen LogP contribution in [0.2, 0.25) is 0 Å². The predicted octanol–water partition coefficient (Wildman–Crippen LogP) is 3.20. The molecular formula is C17H25FO4. The minimum Gasteiger partial charge on any atom is -0.493 e. The van der Waals surface area contributed by atoms with Gasteiger partial charge >= 0.3 is 5.97 Å². The predicted molar refractivity (Wildman–Crippen MR) is 82.6 cm³/mol. The molecule has 0 aromatic heterocycles. The lowest BCUT2D eigenvalue weighted by atomic mass is 9.82. The zero-order valence-corrected chi connectivity index (χ0v) is 13.9. The van der Waals surface area contributed by atoms with Crippen molar-refractivity contribution in [3.63, 3.8) is 0 Å². The van der Waals surface area contributed by atoms with Gasteiger partial charge in [0.2, 0.25) is 0 Å². The Balaban J connectivity index is 3.27. The Morgan fingerprint density at radius 2 is 2.00 bits per heavy atom. The molecule has 1 atom stereocenters. The fourth-order valence-corrected chi connectivity index (χ4v) is 2.75. The van der Waals surface area contributed by atoms with Crippen molar-refractivity contribution in [2.75, 3.05) is 13.7 Å². The van der Waals surface area contributed by atoms with Crippen molar-refractivity contribution in [2.24, 2.45) is 0 Å². The summed E-state index contributed by atoms with van der Waals surface area (Å²) < 4.78 is 24.2. The number of hydrogen-bond acceptors (Lipinski definition) is 4. The first-order valence-electron chi connectivity index (χ1n) is 7.48. The zero-order chi connectivity index (χ0) is 16.9. The van der Waals surface area contributed by atoms with Crippen LogP contribution < -0.4 is 4.74 Å². The van der Waals surface area contributed by atoms with Gasteiger partial charge in [-0.15, -0.1) is 0 Å². The van der Waals surface area contributed by atoms with Crippen molar-refractivity contribution in [1.82, 2.24) is 0 Å². The van der Waals surface area contributed by atoms with Gasteiger partial charge in [-0.3, -0.25) is 4.79 Å². The van der Waals surface area contributed by atoms with Crippen molar-refractivity contribution in [1.29, 1.82) is 0 Å². The highest BCUT2D eigenvalue weighted by Gasteiger charge is 2.28. The molecule has 0 amide bonds. The number of carbonyl (C=O) groups is 1. The van der Waals surface area contributed by atoms with Gasteiger partial charge in [0.15, 0.2) is 11.6 Å². The summed E-state index contributed by atoms with van der Waals surface area (Å²) in [5.74, 6) is -1.17. The Kier molecular flexibility index (Phi) is 6.35. The molecule has 0 saturated heterocycles. The number of ether oxygens (including phenoxy) is 2. The average Bonchev–Trinajstić information content (AvgIpc) is 2.37. The second kappa shape index (κ2) is 7.58. The molecular weight excluding hydrogens is 287 g/mol. The third-order valence-corrected chi connectivity index (χ3v) is 3.65. The number of rotatable bonds is 7. The molecule has 22 heavy (non-hydrogen) atoms. The van der Waals surface area contributed by atoms with E-state index in [1.807, 2.05) is 6.92 Å². The lowest BCUT2D eigenvalue weighted by molar-refractivity contribution is -0.142. The van der Waals surface area contributed by atoms with Crippen molar-refractivity contribution < 1.29 is 23.8 Å². The molecule has 5 heteroatoms. The summed E-state index contributed by atoms with van der Waals surface area (Å²) in [7, 11) is 1.36. The van der Waals surface area contributed by atoms with Gasteiger partial charge in [-0.05, 0) is 38.8 Å². The van der Waals surface area contributed by atoms with Gasteiger partial charge in [-0.1, -0.05) is 13.0 Å². The van der Waals surface area contributed by atoms with E-state index in [-0.39, 0.29) is 24.7 Å². The highest BCUT2D eigenvalue weighted by atomic mass is 19.1. The molecule has 0 aliphatic carbocycles. The third-order valence-electron chi connectivity index (χ3n) is 3.65. The highest BCUT2D eigenvalue weighted by Crippen LogP contribution is 2.35. The van der Waals surface area contributed by atoms with Crippen molar-refractivity contribution in [3.8, 4) is 5.75 Å². The monoisotopic (exact) mass is 312 g/mol. The number of carbonyl (C=O) groups excluding carboxylic acids is 1. The topological polar surface area (TPSA) is 55.8 Å². The normalized spacial score (nSPS) is 12.9. The molecule has 0 fully saturated rings. The van der Waals surface area contributed by atoms with Gasteiger partial charge in [-0.25, -0.2) is 4.39 Å². The average molecular weight is 312 g/mol. The van der Waals surface area contributed by atoms with Crippen LogP contribution in [0.4, 0.5) is 4.39 Å². The summed E-state index contributed by atoms with van der Waals surface area (Å²) in [5.41, 5.74) is 0.0861. The van der Waals surface area contributed by atoms with Crippen LogP contribution in [0.5, 0.6) is 5.75 Å². The Bertz CT molecular complexity index is 520. The first kappa shape index (κ1) is 18.4. The summed E-state index contributed by atoms with van der Waals surface area (Å²) in [6.45, 7) is 7.29. The molecule has 0 saturated carbocycles. The lowest BCUT2D eigenvalue weighted by Gasteiger charge is -2.29. The van der Waals surface area contributed by atoms with Crippen LogP contribution in [0.25, 0.3) is 0 Å². The molecule has 1 aromatic carbocycles. The smallest absolute Gasteiger partial charge is 0.310 e. The maximum atomic E-state index is 14.3. The minimum atomic E-state index is -0.989. The van der Waals surface area contributed by atoms with Gasteiger partial charge in [0.25, 0.3) is 0 Å². The summed E-state index contributed by atoms with van der Waals surface area (Å²) in [6, 6.07) is 3.07. The Morgan fingerprint density at radius 3 is 2.45 bits per heavy atom. The molecule has 0 aliphatic heterocycles. The Labute approximate surface area is 131 Å². The van der Waals surface area contributed by atoms with Gasteiger partial charge in [0.1, 0.15) is 0 Å². The van der Waals surface area contributed by atoms with Crippen LogP contribution in [-0.2, 0) is 16.0 Å². The van der Waals surface area contributed by atoms with Crippen molar-refractivity contribution in [3.05, 3.63) is 29.1 Å². The van der Waals surface area contributed by atoms with E-state index in [9.17, 15) is 14.3 Å². The fraction of sp³-hybridized carbons (Fsp3) is 0.588. The molecule has 124 valence electrons. The number of esters is 1. The second-order valence-corrected chi connectivity index (χ2v) is 5.79.